The smallest absolute Gasteiger partial charge is 0.164 e. The largest absolute Gasteiger partial charge is 0.208 e. The van der Waals surface area contributed by atoms with Crippen molar-refractivity contribution in [2.45, 2.75) is 0 Å². The summed E-state index contributed by atoms with van der Waals surface area (Å²) in [6, 6.07) is 60.9. The SMILES string of the molecule is N#Cc1cc(-c2ccc3sc4cc(-c5nc(-c6ccccc6)nc(-c6ccccc6)n5)ccc4c3c2)cc(-c2nc(-c3ccccc3)nc(-c3ccccc3)n2)c1. The molecule has 0 fully saturated rings. The lowest BCUT2D eigenvalue weighted by molar-refractivity contribution is 1.07. The Hall–Kier alpha value is -7.73. The molecular formula is C49H29N7S. The summed E-state index contributed by atoms with van der Waals surface area (Å²) >= 11 is 1.73. The van der Waals surface area contributed by atoms with Crippen LogP contribution in [0.5, 0.6) is 0 Å². The Balaban J connectivity index is 1.06. The van der Waals surface area contributed by atoms with Gasteiger partial charge in [-0.1, -0.05) is 140 Å². The van der Waals surface area contributed by atoms with E-state index in [1.165, 1.54) is 0 Å². The second-order valence-corrected chi connectivity index (χ2v) is 14.6. The van der Waals surface area contributed by atoms with E-state index in [-0.39, 0.29) is 0 Å². The van der Waals surface area contributed by atoms with Crippen molar-refractivity contribution in [1.82, 2.24) is 29.9 Å². The van der Waals surface area contributed by atoms with Crippen molar-refractivity contribution >= 4 is 31.5 Å². The predicted octanol–water partition coefficient (Wildman–Crippen LogP) is 12.0. The molecule has 0 atom stereocenters. The van der Waals surface area contributed by atoms with E-state index >= 15 is 0 Å². The third kappa shape index (κ3) is 6.69. The summed E-state index contributed by atoms with van der Waals surface area (Å²) in [7, 11) is 0. The monoisotopic (exact) mass is 747 g/mol. The molecular weight excluding hydrogens is 719 g/mol. The number of aromatic nitrogens is 6. The van der Waals surface area contributed by atoms with E-state index in [2.05, 4.69) is 48.5 Å². The topological polar surface area (TPSA) is 101 Å². The molecule has 266 valence electrons. The first-order valence-electron chi connectivity index (χ1n) is 18.4. The summed E-state index contributed by atoms with van der Waals surface area (Å²) < 4.78 is 2.28. The summed E-state index contributed by atoms with van der Waals surface area (Å²) in [5, 5.41) is 12.5. The molecule has 0 amide bonds. The van der Waals surface area contributed by atoms with Gasteiger partial charge in [-0.15, -0.1) is 11.3 Å². The van der Waals surface area contributed by atoms with Crippen LogP contribution in [-0.2, 0) is 0 Å². The van der Waals surface area contributed by atoms with Crippen LogP contribution in [0, 0.1) is 11.3 Å². The number of thiophene rings is 1. The van der Waals surface area contributed by atoms with Crippen molar-refractivity contribution in [3.8, 4) is 85.5 Å². The molecule has 10 rings (SSSR count). The molecule has 0 aliphatic rings. The average Bonchev–Trinajstić information content (AvgIpc) is 3.67. The van der Waals surface area contributed by atoms with Gasteiger partial charge in [0.2, 0.25) is 0 Å². The minimum absolute atomic E-state index is 0.500. The molecule has 7 nitrogen and oxygen atoms in total. The quantitative estimate of drug-likeness (QED) is 0.160. The fraction of sp³-hybridized carbons (Fsp3) is 0. The standard InChI is InChI=1S/C49H29N7S/c50-30-31-25-38(27-39(26-31)49-55-46(34-17-9-3-10-18-34)52-47(56-49)35-19-11-4-12-20-35)36-22-24-42-41(28-36)40-23-21-37(29-43(40)57-42)48-53-44(32-13-5-1-6-14-32)51-45(54-48)33-15-7-2-8-16-33/h1-29H. The van der Waals surface area contributed by atoms with Gasteiger partial charge in [-0.05, 0) is 47.5 Å². The highest BCUT2D eigenvalue weighted by Crippen LogP contribution is 2.39. The average molecular weight is 748 g/mol. The van der Waals surface area contributed by atoms with Crippen molar-refractivity contribution in [2.24, 2.45) is 0 Å². The summed E-state index contributed by atoms with van der Waals surface area (Å²) in [4.78, 5) is 29.5. The minimum atomic E-state index is 0.500. The summed E-state index contributed by atoms with van der Waals surface area (Å²) in [6.45, 7) is 0. The Morgan fingerprint density at radius 2 is 0.737 bits per heavy atom. The summed E-state index contributed by atoms with van der Waals surface area (Å²) in [6.07, 6.45) is 0. The van der Waals surface area contributed by atoms with Gasteiger partial charge in [0.05, 0.1) is 11.6 Å². The van der Waals surface area contributed by atoms with E-state index in [0.29, 0.717) is 40.5 Å². The molecule has 0 spiro atoms. The van der Waals surface area contributed by atoms with Gasteiger partial charge in [0.1, 0.15) is 0 Å². The molecule has 57 heavy (non-hydrogen) atoms. The number of nitrogens with zero attached hydrogens (tertiary/aromatic N) is 7. The Bertz CT molecular complexity index is 3010. The van der Waals surface area contributed by atoms with Crippen molar-refractivity contribution in [2.75, 3.05) is 0 Å². The molecule has 0 radical (unpaired) electrons. The number of fused-ring (bicyclic) bond motifs is 3. The molecule has 0 unspecified atom stereocenters. The van der Waals surface area contributed by atoms with Crippen LogP contribution in [0.4, 0.5) is 0 Å². The van der Waals surface area contributed by atoms with Gasteiger partial charge in [0, 0.05) is 53.6 Å². The molecule has 0 aliphatic heterocycles. The number of nitriles is 1. The van der Waals surface area contributed by atoms with E-state index in [0.717, 1.165) is 64.7 Å². The maximum Gasteiger partial charge on any atom is 0.164 e. The second-order valence-electron chi connectivity index (χ2n) is 13.5. The molecule has 0 N–H and O–H groups in total. The van der Waals surface area contributed by atoms with Gasteiger partial charge in [0.25, 0.3) is 0 Å². The highest BCUT2D eigenvalue weighted by Gasteiger charge is 2.17. The van der Waals surface area contributed by atoms with Crippen LogP contribution in [0.1, 0.15) is 5.56 Å². The normalized spacial score (nSPS) is 11.1. The summed E-state index contributed by atoms with van der Waals surface area (Å²) in [5.41, 5.74) is 7.70. The van der Waals surface area contributed by atoms with Gasteiger partial charge >= 0.3 is 0 Å². The van der Waals surface area contributed by atoms with Crippen LogP contribution < -0.4 is 0 Å². The van der Waals surface area contributed by atoms with E-state index in [4.69, 9.17) is 29.9 Å². The lowest BCUT2D eigenvalue weighted by atomic mass is 9.98. The van der Waals surface area contributed by atoms with Crippen molar-refractivity contribution in [3.05, 3.63) is 181 Å². The minimum Gasteiger partial charge on any atom is -0.208 e. The van der Waals surface area contributed by atoms with Crippen LogP contribution in [-0.4, -0.2) is 29.9 Å². The number of hydrogen-bond acceptors (Lipinski definition) is 8. The van der Waals surface area contributed by atoms with Crippen LogP contribution in [0.15, 0.2) is 176 Å². The zero-order chi connectivity index (χ0) is 38.1. The number of benzene rings is 7. The molecule has 0 bridgehead atoms. The Kier molecular flexibility index (Phi) is 8.60. The van der Waals surface area contributed by atoms with Gasteiger partial charge in [-0.25, -0.2) is 29.9 Å². The molecule has 0 aliphatic carbocycles. The van der Waals surface area contributed by atoms with E-state index in [9.17, 15) is 5.26 Å². The highest BCUT2D eigenvalue weighted by atomic mass is 32.1. The van der Waals surface area contributed by atoms with E-state index < -0.39 is 0 Å². The zero-order valence-electron chi connectivity index (χ0n) is 30.3. The molecule has 7 aromatic carbocycles. The van der Waals surface area contributed by atoms with Crippen molar-refractivity contribution in [1.29, 1.82) is 5.26 Å². The van der Waals surface area contributed by atoms with Crippen LogP contribution >= 0.6 is 11.3 Å². The lowest BCUT2D eigenvalue weighted by Gasteiger charge is -2.10. The first-order valence-corrected chi connectivity index (χ1v) is 19.2. The Morgan fingerprint density at radius 1 is 0.316 bits per heavy atom. The first-order chi connectivity index (χ1) is 28.1. The van der Waals surface area contributed by atoms with Gasteiger partial charge in [-0.3, -0.25) is 0 Å². The van der Waals surface area contributed by atoms with Crippen molar-refractivity contribution in [3.63, 3.8) is 0 Å². The molecule has 0 saturated heterocycles. The Labute approximate surface area is 332 Å². The molecule has 0 saturated carbocycles. The fourth-order valence-electron chi connectivity index (χ4n) is 6.96. The zero-order valence-corrected chi connectivity index (χ0v) is 31.1. The third-order valence-corrected chi connectivity index (χ3v) is 10.9. The van der Waals surface area contributed by atoms with Crippen LogP contribution in [0.2, 0.25) is 0 Å². The lowest BCUT2D eigenvalue weighted by Crippen LogP contribution is -2.00. The van der Waals surface area contributed by atoms with Gasteiger partial charge in [-0.2, -0.15) is 5.26 Å². The molecule has 8 heteroatoms. The van der Waals surface area contributed by atoms with E-state index in [1.54, 1.807) is 11.3 Å². The van der Waals surface area contributed by atoms with Crippen LogP contribution in [0.3, 0.4) is 0 Å². The Morgan fingerprint density at radius 3 is 1.21 bits per heavy atom. The predicted molar refractivity (Wildman–Crippen MR) is 229 cm³/mol. The van der Waals surface area contributed by atoms with E-state index in [1.807, 2.05) is 133 Å². The number of hydrogen-bond donors (Lipinski definition) is 0. The molecule has 10 aromatic rings. The molecule has 3 heterocycles. The highest BCUT2D eigenvalue weighted by molar-refractivity contribution is 7.25. The summed E-state index contributed by atoms with van der Waals surface area (Å²) in [5.74, 6) is 3.51. The maximum atomic E-state index is 10.2. The first kappa shape index (κ1) is 33.8. The van der Waals surface area contributed by atoms with Crippen molar-refractivity contribution < 1.29 is 0 Å². The second kappa shape index (κ2) is 14.5. The number of rotatable bonds is 7. The van der Waals surface area contributed by atoms with Gasteiger partial charge in [0.15, 0.2) is 34.9 Å². The fourth-order valence-corrected chi connectivity index (χ4v) is 8.08. The third-order valence-electron chi connectivity index (χ3n) is 9.78. The maximum absolute atomic E-state index is 10.2. The molecule has 3 aromatic heterocycles. The van der Waals surface area contributed by atoms with Gasteiger partial charge < -0.3 is 0 Å². The van der Waals surface area contributed by atoms with Crippen LogP contribution in [0.25, 0.3) is 99.6 Å².